The summed E-state index contributed by atoms with van der Waals surface area (Å²) >= 11 is 1.97. The fourth-order valence-corrected chi connectivity index (χ4v) is 4.42. The topological polar surface area (TPSA) is 61.4 Å². The largest absolute Gasteiger partial charge is 0.358 e. The van der Waals surface area contributed by atoms with Crippen LogP contribution in [0.3, 0.4) is 0 Å². The molecule has 1 atom stereocenters. The molecule has 0 saturated carbocycles. The standard InChI is InChI=1S/C20H25N5OS/c1-15-2-4-16(5-3-15)13-25-7-6-17(20(25)26)23-18-12-19(22-14-21-18)24-8-10-27-11-9-24/h2-5,12,14,17H,6-11,13H2,1H3,(H,21,22,23). The fourth-order valence-electron chi connectivity index (χ4n) is 3.51. The first-order chi connectivity index (χ1) is 13.2. The molecule has 4 rings (SSSR count). The van der Waals surface area contributed by atoms with Crippen molar-refractivity contribution in [1.82, 2.24) is 14.9 Å². The first kappa shape index (κ1) is 18.1. The molecule has 27 heavy (non-hydrogen) atoms. The van der Waals surface area contributed by atoms with E-state index in [1.165, 1.54) is 11.1 Å². The van der Waals surface area contributed by atoms with E-state index in [9.17, 15) is 4.79 Å². The Balaban J connectivity index is 1.38. The Labute approximate surface area is 164 Å². The Kier molecular flexibility index (Phi) is 5.48. The van der Waals surface area contributed by atoms with Crippen LogP contribution in [0.4, 0.5) is 11.6 Å². The van der Waals surface area contributed by atoms with Crippen molar-refractivity contribution in [2.75, 3.05) is 41.4 Å². The van der Waals surface area contributed by atoms with Crippen molar-refractivity contribution in [2.45, 2.75) is 25.9 Å². The number of nitrogens with one attached hydrogen (secondary N) is 1. The van der Waals surface area contributed by atoms with Gasteiger partial charge in [-0.3, -0.25) is 4.79 Å². The lowest BCUT2D eigenvalue weighted by molar-refractivity contribution is -0.128. The lowest BCUT2D eigenvalue weighted by atomic mass is 10.1. The van der Waals surface area contributed by atoms with E-state index in [4.69, 9.17) is 0 Å². The van der Waals surface area contributed by atoms with E-state index in [-0.39, 0.29) is 11.9 Å². The molecule has 2 aromatic rings. The van der Waals surface area contributed by atoms with E-state index >= 15 is 0 Å². The zero-order valence-corrected chi connectivity index (χ0v) is 16.4. The SMILES string of the molecule is Cc1ccc(CN2CCC(Nc3cc(N4CCSCC4)ncn3)C2=O)cc1. The number of aromatic nitrogens is 2. The van der Waals surface area contributed by atoms with Crippen molar-refractivity contribution >= 4 is 29.3 Å². The van der Waals surface area contributed by atoms with Crippen molar-refractivity contribution < 1.29 is 4.79 Å². The molecule has 0 radical (unpaired) electrons. The number of nitrogens with zero attached hydrogens (tertiary/aromatic N) is 4. The van der Waals surface area contributed by atoms with Crippen LogP contribution in [0, 0.1) is 6.92 Å². The second-order valence-electron chi connectivity index (χ2n) is 7.09. The second-order valence-corrected chi connectivity index (χ2v) is 8.32. The number of anilines is 2. The summed E-state index contributed by atoms with van der Waals surface area (Å²) in [5.41, 5.74) is 2.40. The lowest BCUT2D eigenvalue weighted by Crippen LogP contribution is -2.34. The Morgan fingerprint density at radius 1 is 1.15 bits per heavy atom. The maximum Gasteiger partial charge on any atom is 0.245 e. The van der Waals surface area contributed by atoms with Crippen LogP contribution in [0.15, 0.2) is 36.7 Å². The van der Waals surface area contributed by atoms with Crippen LogP contribution >= 0.6 is 11.8 Å². The van der Waals surface area contributed by atoms with Crippen molar-refractivity contribution in [3.05, 3.63) is 47.8 Å². The molecule has 6 nitrogen and oxygen atoms in total. The summed E-state index contributed by atoms with van der Waals surface area (Å²) in [6, 6.07) is 10.1. The van der Waals surface area contributed by atoms with Gasteiger partial charge in [0.05, 0.1) is 0 Å². The monoisotopic (exact) mass is 383 g/mol. The van der Waals surface area contributed by atoms with Crippen molar-refractivity contribution in [2.24, 2.45) is 0 Å². The zero-order chi connectivity index (χ0) is 18.6. The number of thioether (sulfide) groups is 1. The van der Waals surface area contributed by atoms with E-state index in [1.807, 2.05) is 22.7 Å². The van der Waals surface area contributed by atoms with Crippen LogP contribution < -0.4 is 10.2 Å². The van der Waals surface area contributed by atoms with Gasteiger partial charge in [-0.05, 0) is 18.9 Å². The molecule has 1 aromatic heterocycles. The number of benzene rings is 1. The third kappa shape index (κ3) is 4.35. The van der Waals surface area contributed by atoms with Crippen LogP contribution in [0.25, 0.3) is 0 Å². The van der Waals surface area contributed by atoms with Crippen LogP contribution in [0.5, 0.6) is 0 Å². The molecule has 2 aliphatic rings. The summed E-state index contributed by atoms with van der Waals surface area (Å²) in [4.78, 5) is 25.7. The van der Waals surface area contributed by atoms with E-state index in [1.54, 1.807) is 6.33 Å². The highest BCUT2D eigenvalue weighted by molar-refractivity contribution is 7.99. The number of hydrogen-bond acceptors (Lipinski definition) is 6. The van der Waals surface area contributed by atoms with Gasteiger partial charge >= 0.3 is 0 Å². The first-order valence-corrected chi connectivity index (χ1v) is 10.6. The van der Waals surface area contributed by atoms with E-state index < -0.39 is 0 Å². The van der Waals surface area contributed by atoms with Crippen molar-refractivity contribution in [1.29, 1.82) is 0 Å². The average molecular weight is 384 g/mol. The van der Waals surface area contributed by atoms with Gasteiger partial charge in [-0.1, -0.05) is 29.8 Å². The molecular weight excluding hydrogens is 358 g/mol. The molecule has 7 heteroatoms. The number of likely N-dealkylation sites (tertiary alicyclic amines) is 1. The number of aryl methyl sites for hydroxylation is 1. The van der Waals surface area contributed by atoms with Gasteiger partial charge in [0.1, 0.15) is 24.0 Å². The van der Waals surface area contributed by atoms with Crippen LogP contribution in [0.2, 0.25) is 0 Å². The summed E-state index contributed by atoms with van der Waals surface area (Å²) in [5, 5.41) is 3.32. The van der Waals surface area contributed by atoms with Gasteiger partial charge in [0, 0.05) is 43.8 Å². The van der Waals surface area contributed by atoms with Crippen molar-refractivity contribution in [3.63, 3.8) is 0 Å². The predicted octanol–water partition coefficient (Wildman–Crippen LogP) is 2.55. The molecule has 0 spiro atoms. The number of amides is 1. The summed E-state index contributed by atoms with van der Waals surface area (Å²) in [5.74, 6) is 4.07. The summed E-state index contributed by atoms with van der Waals surface area (Å²) in [6.45, 7) is 5.52. The minimum atomic E-state index is -0.213. The Hall–Kier alpha value is -2.28. The quantitative estimate of drug-likeness (QED) is 0.856. The maximum atomic E-state index is 12.8. The Bertz CT molecular complexity index is 791. The predicted molar refractivity (Wildman–Crippen MR) is 110 cm³/mol. The summed E-state index contributed by atoms with van der Waals surface area (Å²) in [6.07, 6.45) is 2.38. The molecule has 0 bridgehead atoms. The molecular formula is C20H25N5OS. The third-order valence-electron chi connectivity index (χ3n) is 5.10. The molecule has 1 unspecified atom stereocenters. The third-order valence-corrected chi connectivity index (χ3v) is 6.04. The lowest BCUT2D eigenvalue weighted by Gasteiger charge is -2.27. The molecule has 2 aliphatic heterocycles. The van der Waals surface area contributed by atoms with Crippen LogP contribution in [0.1, 0.15) is 17.5 Å². The highest BCUT2D eigenvalue weighted by Crippen LogP contribution is 2.22. The zero-order valence-electron chi connectivity index (χ0n) is 15.6. The van der Waals surface area contributed by atoms with Crippen LogP contribution in [-0.4, -0.2) is 58.0 Å². The highest BCUT2D eigenvalue weighted by atomic mass is 32.2. The molecule has 142 valence electrons. The minimum absolute atomic E-state index is 0.144. The van der Waals surface area contributed by atoms with Gasteiger partial charge in [0.15, 0.2) is 0 Å². The summed E-state index contributed by atoms with van der Waals surface area (Å²) < 4.78 is 0. The smallest absolute Gasteiger partial charge is 0.245 e. The first-order valence-electron chi connectivity index (χ1n) is 9.45. The van der Waals surface area contributed by atoms with Gasteiger partial charge in [-0.2, -0.15) is 11.8 Å². The average Bonchev–Trinajstić information content (AvgIpc) is 3.04. The molecule has 1 N–H and O–H groups in total. The van der Waals surface area contributed by atoms with E-state index in [2.05, 4.69) is 51.4 Å². The minimum Gasteiger partial charge on any atom is -0.358 e. The van der Waals surface area contributed by atoms with E-state index in [0.29, 0.717) is 6.54 Å². The fraction of sp³-hybridized carbons (Fsp3) is 0.450. The Morgan fingerprint density at radius 2 is 1.93 bits per heavy atom. The number of carbonyl (C=O) groups is 1. The van der Waals surface area contributed by atoms with Crippen molar-refractivity contribution in [3.8, 4) is 0 Å². The molecule has 1 amide bonds. The van der Waals surface area contributed by atoms with Crippen LogP contribution in [-0.2, 0) is 11.3 Å². The number of rotatable bonds is 5. The van der Waals surface area contributed by atoms with Gasteiger partial charge in [-0.15, -0.1) is 0 Å². The van der Waals surface area contributed by atoms with Gasteiger partial charge < -0.3 is 15.1 Å². The highest BCUT2D eigenvalue weighted by Gasteiger charge is 2.31. The van der Waals surface area contributed by atoms with Gasteiger partial charge in [-0.25, -0.2) is 9.97 Å². The molecule has 1 aromatic carbocycles. The maximum absolute atomic E-state index is 12.8. The molecule has 2 fully saturated rings. The van der Waals surface area contributed by atoms with Gasteiger partial charge in [0.25, 0.3) is 0 Å². The molecule has 2 saturated heterocycles. The van der Waals surface area contributed by atoms with E-state index in [0.717, 1.165) is 49.2 Å². The number of hydrogen-bond donors (Lipinski definition) is 1. The molecule has 0 aliphatic carbocycles. The normalized spacial score (nSPS) is 20.2. The number of carbonyl (C=O) groups excluding carboxylic acids is 1. The summed E-state index contributed by atoms with van der Waals surface area (Å²) in [7, 11) is 0. The second kappa shape index (κ2) is 8.17. The molecule has 3 heterocycles. The Morgan fingerprint density at radius 3 is 2.70 bits per heavy atom. The van der Waals surface area contributed by atoms with Gasteiger partial charge in [0.2, 0.25) is 5.91 Å².